The molecule has 0 spiro atoms. The molecule has 11 rings (SSSR count). The number of rotatable bonds is 6. The van der Waals surface area contributed by atoms with Crippen molar-refractivity contribution in [2.75, 3.05) is 4.90 Å². The molecule has 1 heterocycles. The fourth-order valence-electron chi connectivity index (χ4n) is 9.93. The van der Waals surface area contributed by atoms with E-state index in [-0.39, 0.29) is 5.41 Å². The second-order valence-corrected chi connectivity index (χ2v) is 16.6. The SMILES string of the molecule is CC1C=Cc2c(cccc2-n2c3ccccc3c3c(-c4ccc(N(c5ccc(-c6ccccc6)cc5)c5cccc6c5-c5ccccc5C6(C)C)cc4)cccc32)C1. The summed E-state index contributed by atoms with van der Waals surface area (Å²) in [5, 5.41) is 2.55. The molecular formula is C56H44N2. The predicted molar refractivity (Wildman–Crippen MR) is 246 cm³/mol. The first kappa shape index (κ1) is 34.4. The molecule has 0 aliphatic heterocycles. The summed E-state index contributed by atoms with van der Waals surface area (Å²) >= 11 is 0. The van der Waals surface area contributed by atoms with Crippen LogP contribution in [-0.4, -0.2) is 4.57 Å². The Labute approximate surface area is 341 Å². The number of hydrogen-bond donors (Lipinski definition) is 0. The molecular weight excluding hydrogens is 701 g/mol. The summed E-state index contributed by atoms with van der Waals surface area (Å²) in [6.45, 7) is 7.02. The van der Waals surface area contributed by atoms with Crippen molar-refractivity contribution >= 4 is 44.9 Å². The molecule has 0 saturated carbocycles. The molecule has 0 amide bonds. The van der Waals surface area contributed by atoms with Gasteiger partial charge in [0.25, 0.3) is 0 Å². The summed E-state index contributed by atoms with van der Waals surface area (Å²) in [5.41, 5.74) is 20.0. The van der Waals surface area contributed by atoms with Crippen LogP contribution in [0.4, 0.5) is 17.1 Å². The highest BCUT2D eigenvalue weighted by Gasteiger charge is 2.37. The van der Waals surface area contributed by atoms with Crippen molar-refractivity contribution in [3.63, 3.8) is 0 Å². The molecule has 2 aliphatic carbocycles. The smallest absolute Gasteiger partial charge is 0.0547 e. The van der Waals surface area contributed by atoms with E-state index in [4.69, 9.17) is 0 Å². The highest BCUT2D eigenvalue weighted by atomic mass is 15.1. The number of benzene rings is 8. The van der Waals surface area contributed by atoms with Gasteiger partial charge < -0.3 is 9.47 Å². The maximum atomic E-state index is 2.48. The largest absolute Gasteiger partial charge is 0.310 e. The van der Waals surface area contributed by atoms with Crippen LogP contribution in [-0.2, 0) is 11.8 Å². The lowest BCUT2D eigenvalue weighted by Gasteiger charge is -2.29. The molecule has 58 heavy (non-hydrogen) atoms. The van der Waals surface area contributed by atoms with Gasteiger partial charge in [0.2, 0.25) is 0 Å². The summed E-state index contributed by atoms with van der Waals surface area (Å²) in [7, 11) is 0. The molecule has 0 fully saturated rings. The number of para-hydroxylation sites is 1. The predicted octanol–water partition coefficient (Wildman–Crippen LogP) is 15.1. The third kappa shape index (κ3) is 5.32. The molecule has 2 nitrogen and oxygen atoms in total. The third-order valence-corrected chi connectivity index (χ3v) is 12.7. The van der Waals surface area contributed by atoms with Crippen molar-refractivity contribution in [2.24, 2.45) is 5.92 Å². The molecule has 0 radical (unpaired) electrons. The molecule has 2 heteroatoms. The lowest BCUT2D eigenvalue weighted by atomic mass is 9.82. The zero-order chi connectivity index (χ0) is 39.0. The Morgan fingerprint density at radius 3 is 1.97 bits per heavy atom. The van der Waals surface area contributed by atoms with Crippen LogP contribution in [0.3, 0.4) is 0 Å². The van der Waals surface area contributed by atoms with Gasteiger partial charge in [-0.2, -0.15) is 0 Å². The fraction of sp³-hybridized carbons (Fsp3) is 0.107. The molecule has 0 N–H and O–H groups in total. The van der Waals surface area contributed by atoms with E-state index in [0.29, 0.717) is 5.92 Å². The number of allylic oxidation sites excluding steroid dienone is 1. The Balaban J connectivity index is 1.07. The van der Waals surface area contributed by atoms with E-state index < -0.39 is 0 Å². The van der Waals surface area contributed by atoms with Gasteiger partial charge in [0.15, 0.2) is 0 Å². The first-order valence-electron chi connectivity index (χ1n) is 20.6. The van der Waals surface area contributed by atoms with E-state index in [1.165, 1.54) is 88.8 Å². The van der Waals surface area contributed by atoms with E-state index in [2.05, 4.69) is 224 Å². The number of hydrogen-bond acceptors (Lipinski definition) is 1. The number of anilines is 3. The zero-order valence-corrected chi connectivity index (χ0v) is 33.2. The Bertz CT molecular complexity index is 3050. The van der Waals surface area contributed by atoms with Crippen molar-refractivity contribution in [3.8, 4) is 39.1 Å². The standard InChI is InChI=1S/C56H44N2/c1-37-26-35-44-41(36-37)16-11-23-50(44)58-51-22-10-8-18-47(51)54-45(19-12-24-52(54)58)40-29-33-43(34-30-40)57(42-31-27-39(28-32-42)38-14-5-4-6-15-38)53-25-13-21-49-55(53)46-17-7-9-20-48(46)56(49,2)3/h4-35,37H,36H2,1-3H3. The Hall–Kier alpha value is -6.90. The van der Waals surface area contributed by atoms with E-state index in [1.807, 2.05) is 0 Å². The van der Waals surface area contributed by atoms with Crippen LogP contribution < -0.4 is 4.90 Å². The molecule has 1 unspecified atom stereocenters. The van der Waals surface area contributed by atoms with Gasteiger partial charge in [-0.25, -0.2) is 0 Å². The van der Waals surface area contributed by atoms with Crippen LogP contribution in [0.2, 0.25) is 0 Å². The summed E-state index contributed by atoms with van der Waals surface area (Å²) in [6, 6.07) is 67.3. The van der Waals surface area contributed by atoms with Crippen molar-refractivity contribution in [3.05, 3.63) is 210 Å². The topological polar surface area (TPSA) is 8.17 Å². The van der Waals surface area contributed by atoms with Gasteiger partial charge in [-0.15, -0.1) is 0 Å². The van der Waals surface area contributed by atoms with Gasteiger partial charge in [0.1, 0.15) is 0 Å². The van der Waals surface area contributed by atoms with Crippen LogP contribution in [0.1, 0.15) is 43.0 Å². The first-order chi connectivity index (χ1) is 28.5. The number of fused-ring (bicyclic) bond motifs is 7. The van der Waals surface area contributed by atoms with E-state index in [0.717, 1.165) is 17.8 Å². The Morgan fingerprint density at radius 2 is 1.16 bits per heavy atom. The minimum absolute atomic E-state index is 0.0970. The van der Waals surface area contributed by atoms with Gasteiger partial charge >= 0.3 is 0 Å². The average Bonchev–Trinajstić information content (AvgIpc) is 3.73. The van der Waals surface area contributed by atoms with Crippen molar-refractivity contribution in [1.29, 1.82) is 0 Å². The maximum Gasteiger partial charge on any atom is 0.0547 e. The van der Waals surface area contributed by atoms with Crippen LogP contribution in [0, 0.1) is 5.92 Å². The Kier molecular flexibility index (Phi) is 7.91. The minimum atomic E-state index is -0.0970. The molecule has 1 aromatic heterocycles. The fourth-order valence-corrected chi connectivity index (χ4v) is 9.93. The van der Waals surface area contributed by atoms with E-state index >= 15 is 0 Å². The molecule has 278 valence electrons. The monoisotopic (exact) mass is 744 g/mol. The summed E-state index contributed by atoms with van der Waals surface area (Å²) in [4.78, 5) is 2.45. The average molecular weight is 745 g/mol. The molecule has 0 saturated heterocycles. The maximum absolute atomic E-state index is 2.48. The van der Waals surface area contributed by atoms with Gasteiger partial charge in [0.05, 0.1) is 22.4 Å². The van der Waals surface area contributed by atoms with Gasteiger partial charge in [-0.05, 0) is 105 Å². The lowest BCUT2D eigenvalue weighted by molar-refractivity contribution is 0.660. The van der Waals surface area contributed by atoms with Crippen LogP contribution in [0.15, 0.2) is 188 Å². The normalized spacial score (nSPS) is 15.0. The highest BCUT2D eigenvalue weighted by Crippen LogP contribution is 2.54. The molecule has 1 atom stereocenters. The minimum Gasteiger partial charge on any atom is -0.310 e. The molecule has 8 aromatic carbocycles. The van der Waals surface area contributed by atoms with Crippen LogP contribution in [0.25, 0.3) is 66.9 Å². The number of aromatic nitrogens is 1. The van der Waals surface area contributed by atoms with Gasteiger partial charge in [-0.3, -0.25) is 0 Å². The summed E-state index contributed by atoms with van der Waals surface area (Å²) < 4.78 is 2.48. The van der Waals surface area contributed by atoms with E-state index in [1.54, 1.807) is 0 Å². The quantitative estimate of drug-likeness (QED) is 0.165. The van der Waals surface area contributed by atoms with Crippen molar-refractivity contribution in [1.82, 2.24) is 4.57 Å². The number of nitrogens with zero attached hydrogens (tertiary/aromatic N) is 2. The molecule has 0 bridgehead atoms. The molecule has 2 aliphatic rings. The van der Waals surface area contributed by atoms with E-state index in [9.17, 15) is 0 Å². The van der Waals surface area contributed by atoms with Gasteiger partial charge in [-0.1, -0.05) is 166 Å². The molecule has 9 aromatic rings. The van der Waals surface area contributed by atoms with Crippen molar-refractivity contribution in [2.45, 2.75) is 32.6 Å². The van der Waals surface area contributed by atoms with Crippen LogP contribution in [0.5, 0.6) is 0 Å². The van der Waals surface area contributed by atoms with Gasteiger partial charge in [0, 0.05) is 38.7 Å². The highest BCUT2D eigenvalue weighted by molar-refractivity contribution is 6.16. The summed E-state index contributed by atoms with van der Waals surface area (Å²) in [5.74, 6) is 0.547. The third-order valence-electron chi connectivity index (χ3n) is 12.7. The second kappa shape index (κ2) is 13.4. The second-order valence-electron chi connectivity index (χ2n) is 16.6. The first-order valence-corrected chi connectivity index (χ1v) is 20.6. The van der Waals surface area contributed by atoms with Crippen molar-refractivity contribution < 1.29 is 0 Å². The lowest BCUT2D eigenvalue weighted by Crippen LogP contribution is -2.16. The summed E-state index contributed by atoms with van der Waals surface area (Å²) in [6.07, 6.45) is 5.76. The zero-order valence-electron chi connectivity index (χ0n) is 33.2. The van der Waals surface area contributed by atoms with Crippen LogP contribution >= 0.6 is 0 Å². The Morgan fingerprint density at radius 1 is 0.534 bits per heavy atom.